The second-order valence-electron chi connectivity index (χ2n) is 5.96. The molecule has 0 aliphatic carbocycles. The normalized spacial score (nSPS) is 10.7. The van der Waals surface area contributed by atoms with Crippen LogP contribution in [-0.2, 0) is 0 Å². The number of hydrogen-bond donors (Lipinski definition) is 0. The van der Waals surface area contributed by atoms with Gasteiger partial charge in [-0.15, -0.1) is 0 Å². The first-order chi connectivity index (χ1) is 11.4. The zero-order valence-electron chi connectivity index (χ0n) is 13.6. The quantitative estimate of drug-likeness (QED) is 0.673. The molecule has 0 aliphatic rings. The van der Waals surface area contributed by atoms with E-state index in [-0.39, 0.29) is 11.8 Å². The van der Waals surface area contributed by atoms with E-state index in [0.29, 0.717) is 33.6 Å². The molecule has 3 nitrogen and oxygen atoms in total. The van der Waals surface area contributed by atoms with E-state index < -0.39 is 0 Å². The maximum Gasteiger partial charge on any atom is 0.260 e. The molecule has 0 unspecified atom stereocenters. The number of benzene rings is 2. The number of halogens is 2. The van der Waals surface area contributed by atoms with Crippen molar-refractivity contribution in [3.05, 3.63) is 69.7 Å². The monoisotopic (exact) mass is 363 g/mol. The Kier molecular flexibility index (Phi) is 6.41. The molecule has 0 aromatic heterocycles. The molecule has 0 saturated carbocycles. The summed E-state index contributed by atoms with van der Waals surface area (Å²) in [6.07, 6.45) is 0.735. The van der Waals surface area contributed by atoms with E-state index in [4.69, 9.17) is 23.2 Å². The van der Waals surface area contributed by atoms with Crippen LogP contribution in [0.25, 0.3) is 0 Å². The van der Waals surface area contributed by atoms with E-state index in [1.165, 1.54) is 4.90 Å². The minimum Gasteiger partial charge on any atom is -0.274 e. The van der Waals surface area contributed by atoms with Gasteiger partial charge >= 0.3 is 0 Å². The minimum atomic E-state index is -0.327. The smallest absolute Gasteiger partial charge is 0.260 e. The van der Waals surface area contributed by atoms with Crippen molar-refractivity contribution in [2.75, 3.05) is 6.54 Å². The van der Waals surface area contributed by atoms with Gasteiger partial charge in [-0.1, -0.05) is 37.0 Å². The van der Waals surface area contributed by atoms with E-state index in [2.05, 4.69) is 13.8 Å². The second-order valence-corrected chi connectivity index (χ2v) is 6.83. The first kappa shape index (κ1) is 18.5. The zero-order valence-corrected chi connectivity index (χ0v) is 15.1. The van der Waals surface area contributed by atoms with Crippen LogP contribution in [0.4, 0.5) is 0 Å². The molecule has 2 aromatic carbocycles. The number of amides is 2. The van der Waals surface area contributed by atoms with Crippen LogP contribution in [0.2, 0.25) is 10.0 Å². The Bertz CT molecular complexity index is 652. The van der Waals surface area contributed by atoms with Crippen LogP contribution in [0.15, 0.2) is 48.5 Å². The molecular weight excluding hydrogens is 345 g/mol. The van der Waals surface area contributed by atoms with Gasteiger partial charge in [0.1, 0.15) is 0 Å². The fraction of sp³-hybridized carbons (Fsp3) is 0.263. The van der Waals surface area contributed by atoms with Gasteiger partial charge in [0, 0.05) is 27.7 Å². The van der Waals surface area contributed by atoms with Crippen LogP contribution in [0.5, 0.6) is 0 Å². The SMILES string of the molecule is CC(C)CCN(C(=O)c1ccc(Cl)cc1)C(=O)c1ccc(Cl)cc1. The van der Waals surface area contributed by atoms with Crippen LogP contribution >= 0.6 is 23.2 Å². The molecule has 0 radical (unpaired) electrons. The summed E-state index contributed by atoms with van der Waals surface area (Å²) in [5, 5.41) is 1.09. The Hall–Kier alpha value is -1.84. The topological polar surface area (TPSA) is 37.4 Å². The molecule has 5 heteroatoms. The van der Waals surface area contributed by atoms with Crippen molar-refractivity contribution in [1.29, 1.82) is 0 Å². The molecule has 0 atom stereocenters. The largest absolute Gasteiger partial charge is 0.274 e. The third-order valence-corrected chi connectivity index (χ3v) is 4.11. The highest BCUT2D eigenvalue weighted by Crippen LogP contribution is 2.17. The Morgan fingerprint density at radius 1 is 0.833 bits per heavy atom. The summed E-state index contributed by atoms with van der Waals surface area (Å²) in [7, 11) is 0. The zero-order chi connectivity index (χ0) is 17.7. The molecule has 24 heavy (non-hydrogen) atoms. The van der Waals surface area contributed by atoms with Gasteiger partial charge in [-0.3, -0.25) is 14.5 Å². The lowest BCUT2D eigenvalue weighted by molar-refractivity contribution is 0.0609. The van der Waals surface area contributed by atoms with Gasteiger partial charge in [0.15, 0.2) is 0 Å². The average Bonchev–Trinajstić information content (AvgIpc) is 2.55. The van der Waals surface area contributed by atoms with Gasteiger partial charge in [-0.25, -0.2) is 0 Å². The van der Waals surface area contributed by atoms with Crippen LogP contribution in [-0.4, -0.2) is 23.3 Å². The maximum atomic E-state index is 12.8. The Morgan fingerprint density at radius 3 is 1.54 bits per heavy atom. The lowest BCUT2D eigenvalue weighted by Gasteiger charge is -2.22. The standard InChI is InChI=1S/C19H19Cl2NO2/c1-13(2)11-12-22(18(23)14-3-7-16(20)8-4-14)19(24)15-5-9-17(21)10-6-15/h3-10,13H,11-12H2,1-2H3. The number of hydrogen-bond acceptors (Lipinski definition) is 2. The predicted octanol–water partition coefficient (Wildman–Crippen LogP) is 5.32. The highest BCUT2D eigenvalue weighted by Gasteiger charge is 2.24. The molecule has 0 spiro atoms. The third-order valence-electron chi connectivity index (χ3n) is 3.60. The van der Waals surface area contributed by atoms with Gasteiger partial charge in [-0.2, -0.15) is 0 Å². The molecule has 2 rings (SSSR count). The third kappa shape index (κ3) is 4.83. The van der Waals surface area contributed by atoms with Gasteiger partial charge in [-0.05, 0) is 60.9 Å². The van der Waals surface area contributed by atoms with E-state index in [0.717, 1.165) is 6.42 Å². The molecule has 2 amide bonds. The maximum absolute atomic E-state index is 12.8. The Balaban J connectivity index is 2.29. The highest BCUT2D eigenvalue weighted by molar-refractivity contribution is 6.31. The molecule has 0 N–H and O–H groups in total. The first-order valence-corrected chi connectivity index (χ1v) is 8.51. The lowest BCUT2D eigenvalue weighted by atomic mass is 10.1. The van der Waals surface area contributed by atoms with Crippen molar-refractivity contribution in [1.82, 2.24) is 4.90 Å². The van der Waals surface area contributed by atoms with Crippen LogP contribution in [0.3, 0.4) is 0 Å². The van der Waals surface area contributed by atoms with Crippen molar-refractivity contribution in [3.63, 3.8) is 0 Å². The van der Waals surface area contributed by atoms with Crippen molar-refractivity contribution in [2.45, 2.75) is 20.3 Å². The molecule has 2 aromatic rings. The number of imide groups is 1. The van der Waals surface area contributed by atoms with Crippen molar-refractivity contribution < 1.29 is 9.59 Å². The summed E-state index contributed by atoms with van der Waals surface area (Å²) in [4.78, 5) is 26.9. The molecule has 0 bridgehead atoms. The molecule has 126 valence electrons. The number of nitrogens with zero attached hydrogens (tertiary/aromatic N) is 1. The van der Waals surface area contributed by atoms with E-state index in [1.54, 1.807) is 48.5 Å². The number of carbonyl (C=O) groups is 2. The van der Waals surface area contributed by atoms with Crippen LogP contribution in [0, 0.1) is 5.92 Å². The average molecular weight is 364 g/mol. The summed E-state index contributed by atoms with van der Waals surface area (Å²) in [6.45, 7) is 4.47. The summed E-state index contributed by atoms with van der Waals surface area (Å²) < 4.78 is 0. The predicted molar refractivity (Wildman–Crippen MR) is 97.7 cm³/mol. The Morgan fingerprint density at radius 2 is 1.21 bits per heavy atom. The molecule has 0 aliphatic heterocycles. The van der Waals surface area contributed by atoms with E-state index in [1.807, 2.05) is 0 Å². The first-order valence-electron chi connectivity index (χ1n) is 7.76. The summed E-state index contributed by atoms with van der Waals surface area (Å²) in [5.41, 5.74) is 0.871. The van der Waals surface area contributed by atoms with Crippen molar-refractivity contribution >= 4 is 35.0 Å². The molecule has 0 heterocycles. The minimum absolute atomic E-state index is 0.327. The highest BCUT2D eigenvalue weighted by atomic mass is 35.5. The van der Waals surface area contributed by atoms with Gasteiger partial charge < -0.3 is 0 Å². The Labute approximate surface area is 152 Å². The molecule has 0 fully saturated rings. The van der Waals surface area contributed by atoms with E-state index in [9.17, 15) is 9.59 Å². The summed E-state index contributed by atoms with van der Waals surface area (Å²) in [6, 6.07) is 13.1. The summed E-state index contributed by atoms with van der Waals surface area (Å²) in [5.74, 6) is -0.275. The fourth-order valence-corrected chi connectivity index (χ4v) is 2.43. The summed E-state index contributed by atoms with van der Waals surface area (Å²) >= 11 is 11.7. The molecule has 0 saturated heterocycles. The fourth-order valence-electron chi connectivity index (χ4n) is 2.18. The number of rotatable bonds is 5. The lowest BCUT2D eigenvalue weighted by Crippen LogP contribution is -2.38. The number of carbonyl (C=O) groups excluding carboxylic acids is 2. The van der Waals surface area contributed by atoms with Gasteiger partial charge in [0.05, 0.1) is 0 Å². The van der Waals surface area contributed by atoms with Crippen molar-refractivity contribution in [2.24, 2.45) is 5.92 Å². The van der Waals surface area contributed by atoms with Gasteiger partial charge in [0.2, 0.25) is 0 Å². The second kappa shape index (κ2) is 8.32. The van der Waals surface area contributed by atoms with E-state index >= 15 is 0 Å². The van der Waals surface area contributed by atoms with Gasteiger partial charge in [0.25, 0.3) is 11.8 Å². The van der Waals surface area contributed by atoms with Crippen molar-refractivity contribution in [3.8, 4) is 0 Å². The van der Waals surface area contributed by atoms with Crippen LogP contribution < -0.4 is 0 Å². The molecular formula is C19H19Cl2NO2. The van der Waals surface area contributed by atoms with Crippen LogP contribution in [0.1, 0.15) is 41.0 Å².